The fraction of sp³-hybridized carbons (Fsp3) is 0.130. The smallest absolute Gasteiger partial charge is 0.162 e. The molecule has 2 aromatic carbocycles. The van der Waals surface area contributed by atoms with E-state index >= 15 is 0 Å². The van der Waals surface area contributed by atoms with Gasteiger partial charge in [-0.3, -0.25) is 0 Å². The standard InChI is InChI=1S/C23H20FN3OS2/c1-16(2)30(28,20-9-4-3-5-10-20)27-21-14-18(11-12-25-21)23-22(26-15-29-23)17-7-6-8-19(24)13-17/h3-16H,1-2H3. The normalized spacial score (nSPS) is 13.2. The summed E-state index contributed by atoms with van der Waals surface area (Å²) in [6.45, 7) is 3.79. The average Bonchev–Trinajstić information content (AvgIpc) is 3.24. The van der Waals surface area contributed by atoms with Crippen LogP contribution in [0.1, 0.15) is 13.8 Å². The molecule has 0 bridgehead atoms. The van der Waals surface area contributed by atoms with Crippen LogP contribution in [0.5, 0.6) is 0 Å². The van der Waals surface area contributed by atoms with Crippen molar-refractivity contribution >= 4 is 26.9 Å². The van der Waals surface area contributed by atoms with Gasteiger partial charge in [-0.2, -0.15) is 4.36 Å². The minimum absolute atomic E-state index is 0.184. The highest BCUT2D eigenvalue weighted by atomic mass is 32.2. The van der Waals surface area contributed by atoms with E-state index in [1.54, 1.807) is 23.8 Å². The molecule has 0 aliphatic carbocycles. The van der Waals surface area contributed by atoms with Gasteiger partial charge in [-0.25, -0.2) is 18.6 Å². The highest BCUT2D eigenvalue weighted by Crippen LogP contribution is 2.36. The van der Waals surface area contributed by atoms with Gasteiger partial charge in [-0.15, -0.1) is 11.3 Å². The molecule has 30 heavy (non-hydrogen) atoms. The van der Waals surface area contributed by atoms with Gasteiger partial charge >= 0.3 is 0 Å². The molecule has 0 aliphatic rings. The van der Waals surface area contributed by atoms with Crippen LogP contribution in [0.2, 0.25) is 0 Å². The maximum atomic E-state index is 13.7. The Morgan fingerprint density at radius 3 is 2.50 bits per heavy atom. The Balaban J connectivity index is 1.81. The second-order valence-electron chi connectivity index (χ2n) is 6.96. The summed E-state index contributed by atoms with van der Waals surface area (Å²) in [4.78, 5) is 10.3. The summed E-state index contributed by atoms with van der Waals surface area (Å²) in [7, 11) is -2.69. The number of halogens is 1. The molecule has 2 aromatic heterocycles. The summed E-state index contributed by atoms with van der Waals surface area (Å²) < 4.78 is 32.0. The molecule has 0 N–H and O–H groups in total. The third kappa shape index (κ3) is 4.04. The van der Waals surface area contributed by atoms with Crippen LogP contribution in [0.4, 0.5) is 10.2 Å². The molecule has 0 aliphatic heterocycles. The summed E-state index contributed by atoms with van der Waals surface area (Å²) in [5, 5.41) is -0.184. The maximum Gasteiger partial charge on any atom is 0.162 e. The molecule has 0 saturated heterocycles. The van der Waals surface area contributed by atoms with Crippen molar-refractivity contribution in [3.8, 4) is 21.7 Å². The number of rotatable bonds is 5. The average molecular weight is 438 g/mol. The lowest BCUT2D eigenvalue weighted by Crippen LogP contribution is -2.13. The van der Waals surface area contributed by atoms with Gasteiger partial charge in [0.05, 0.1) is 25.8 Å². The third-order valence-corrected chi connectivity index (χ3v) is 8.18. The van der Waals surface area contributed by atoms with Crippen molar-refractivity contribution in [2.75, 3.05) is 0 Å². The summed E-state index contributed by atoms with van der Waals surface area (Å²) in [6, 6.07) is 19.3. The van der Waals surface area contributed by atoms with E-state index in [-0.39, 0.29) is 11.1 Å². The molecule has 4 nitrogen and oxygen atoms in total. The molecule has 0 amide bonds. The zero-order chi connectivity index (χ0) is 21.1. The maximum absolute atomic E-state index is 13.7. The number of hydrogen-bond donors (Lipinski definition) is 0. The third-order valence-electron chi connectivity index (χ3n) is 4.62. The van der Waals surface area contributed by atoms with Crippen LogP contribution < -0.4 is 0 Å². The number of pyridine rings is 1. The molecule has 0 saturated carbocycles. The van der Waals surface area contributed by atoms with E-state index in [0.29, 0.717) is 22.0 Å². The second-order valence-corrected chi connectivity index (χ2v) is 10.6. The molecule has 0 radical (unpaired) electrons. The van der Waals surface area contributed by atoms with E-state index in [4.69, 9.17) is 0 Å². The van der Waals surface area contributed by atoms with E-state index in [1.807, 2.05) is 56.3 Å². The highest BCUT2D eigenvalue weighted by Gasteiger charge is 2.19. The van der Waals surface area contributed by atoms with E-state index < -0.39 is 9.73 Å². The molecule has 0 spiro atoms. The van der Waals surface area contributed by atoms with Crippen molar-refractivity contribution < 1.29 is 8.60 Å². The molecule has 1 atom stereocenters. The zero-order valence-corrected chi connectivity index (χ0v) is 18.2. The van der Waals surface area contributed by atoms with Gasteiger partial charge in [0.2, 0.25) is 0 Å². The van der Waals surface area contributed by atoms with Crippen LogP contribution in [0.15, 0.2) is 87.7 Å². The number of nitrogens with zero attached hydrogens (tertiary/aromatic N) is 3. The van der Waals surface area contributed by atoms with Gasteiger partial charge in [0.25, 0.3) is 0 Å². The summed E-state index contributed by atoms with van der Waals surface area (Å²) in [6.07, 6.45) is 1.65. The molecule has 152 valence electrons. The van der Waals surface area contributed by atoms with Crippen LogP contribution >= 0.6 is 11.3 Å². The summed E-state index contributed by atoms with van der Waals surface area (Å²) in [5.41, 5.74) is 3.99. The molecule has 4 rings (SSSR count). The first kappa shape index (κ1) is 20.4. The van der Waals surface area contributed by atoms with Crippen molar-refractivity contribution in [3.05, 3.63) is 84.3 Å². The Hall–Kier alpha value is -2.90. The zero-order valence-electron chi connectivity index (χ0n) is 16.5. The Morgan fingerprint density at radius 1 is 0.967 bits per heavy atom. The van der Waals surface area contributed by atoms with Gasteiger partial charge in [-0.1, -0.05) is 30.3 Å². The lowest BCUT2D eigenvalue weighted by molar-refractivity contribution is 0.628. The predicted octanol–water partition coefficient (Wildman–Crippen LogP) is 6.58. The van der Waals surface area contributed by atoms with Crippen LogP contribution in [-0.4, -0.2) is 19.4 Å². The van der Waals surface area contributed by atoms with Gasteiger partial charge in [0.1, 0.15) is 5.82 Å². The predicted molar refractivity (Wildman–Crippen MR) is 121 cm³/mol. The first-order valence-corrected chi connectivity index (χ1v) is 11.9. The van der Waals surface area contributed by atoms with Crippen molar-refractivity contribution in [1.29, 1.82) is 0 Å². The molecule has 2 heterocycles. The Labute approximate surface area is 179 Å². The number of aromatic nitrogens is 2. The molecule has 7 heteroatoms. The first-order chi connectivity index (χ1) is 14.5. The van der Waals surface area contributed by atoms with E-state index in [1.165, 1.54) is 23.5 Å². The number of thiazole rings is 1. The monoisotopic (exact) mass is 437 g/mol. The van der Waals surface area contributed by atoms with Crippen LogP contribution in [-0.2, 0) is 9.73 Å². The molecular weight excluding hydrogens is 417 g/mol. The van der Waals surface area contributed by atoms with Gasteiger partial charge in [0, 0.05) is 21.9 Å². The Bertz CT molecular complexity index is 1290. The van der Waals surface area contributed by atoms with E-state index in [0.717, 1.165) is 10.4 Å². The van der Waals surface area contributed by atoms with Gasteiger partial charge in [0.15, 0.2) is 5.82 Å². The topological polar surface area (TPSA) is 55.2 Å². The lowest BCUT2D eigenvalue weighted by atomic mass is 10.1. The van der Waals surface area contributed by atoms with Crippen LogP contribution in [0.25, 0.3) is 21.7 Å². The second kappa shape index (κ2) is 8.45. The molecular formula is C23H20FN3OS2. The van der Waals surface area contributed by atoms with Crippen molar-refractivity contribution in [2.24, 2.45) is 4.36 Å². The summed E-state index contributed by atoms with van der Waals surface area (Å²) >= 11 is 1.46. The number of benzene rings is 2. The summed E-state index contributed by atoms with van der Waals surface area (Å²) in [5.74, 6) is 0.0880. The van der Waals surface area contributed by atoms with Crippen molar-refractivity contribution in [1.82, 2.24) is 9.97 Å². The van der Waals surface area contributed by atoms with Gasteiger partial charge in [-0.05, 0) is 55.8 Å². The fourth-order valence-electron chi connectivity index (χ4n) is 3.09. The van der Waals surface area contributed by atoms with Crippen LogP contribution in [0.3, 0.4) is 0 Å². The van der Waals surface area contributed by atoms with E-state index in [2.05, 4.69) is 14.3 Å². The van der Waals surface area contributed by atoms with Gasteiger partial charge < -0.3 is 0 Å². The number of hydrogen-bond acceptors (Lipinski definition) is 5. The fourth-order valence-corrected chi connectivity index (χ4v) is 5.68. The Kier molecular flexibility index (Phi) is 5.74. The quantitative estimate of drug-likeness (QED) is 0.354. The van der Waals surface area contributed by atoms with E-state index in [9.17, 15) is 8.60 Å². The Morgan fingerprint density at radius 2 is 1.77 bits per heavy atom. The lowest BCUT2D eigenvalue weighted by Gasteiger charge is -2.14. The first-order valence-electron chi connectivity index (χ1n) is 9.44. The minimum Gasteiger partial charge on any atom is -0.244 e. The molecule has 1 unspecified atom stereocenters. The van der Waals surface area contributed by atoms with Crippen molar-refractivity contribution in [3.63, 3.8) is 0 Å². The SMILES string of the molecule is CC(C)S(=O)(=Nc1cc(-c2scnc2-c2cccc(F)c2)ccn1)c1ccccc1. The minimum atomic E-state index is -2.69. The van der Waals surface area contributed by atoms with Crippen molar-refractivity contribution in [2.45, 2.75) is 24.0 Å². The molecule has 4 aromatic rings. The molecule has 0 fully saturated rings. The van der Waals surface area contributed by atoms with Crippen LogP contribution in [0, 0.1) is 5.82 Å². The largest absolute Gasteiger partial charge is 0.244 e. The highest BCUT2D eigenvalue weighted by molar-refractivity contribution is 7.94.